The van der Waals surface area contributed by atoms with Crippen LogP contribution in [0.5, 0.6) is 5.75 Å². The molecule has 0 aromatic heterocycles. The summed E-state index contributed by atoms with van der Waals surface area (Å²) in [6.07, 6.45) is -14.3. The van der Waals surface area contributed by atoms with Gasteiger partial charge in [0.25, 0.3) is 0 Å². The number of aliphatic hydroxyl groups excluding tert-OH is 8. The molecule has 0 aliphatic carbocycles. The minimum Gasteiger partial charge on any atom is -0.471 e. The number of esters is 4. The Hall–Kier alpha value is -4.82. The van der Waals surface area contributed by atoms with Crippen LogP contribution in [0.25, 0.3) is 0 Å². The van der Waals surface area contributed by atoms with Crippen LogP contribution in [0.3, 0.4) is 0 Å². The summed E-state index contributed by atoms with van der Waals surface area (Å²) in [7, 11) is 2.27. The van der Waals surface area contributed by atoms with Gasteiger partial charge in [-0.25, -0.2) is 9.59 Å². The maximum absolute atomic E-state index is 13.3. The van der Waals surface area contributed by atoms with E-state index < -0.39 is 135 Å². The zero-order valence-electron chi connectivity index (χ0n) is 35.0. The molecule has 2 fully saturated rings. The lowest BCUT2D eigenvalue weighted by molar-refractivity contribution is -0.339. The van der Waals surface area contributed by atoms with E-state index in [2.05, 4.69) is 6.58 Å². The van der Waals surface area contributed by atoms with E-state index in [0.29, 0.717) is 5.56 Å². The van der Waals surface area contributed by atoms with Crippen LogP contribution in [0.2, 0.25) is 0 Å². The largest absolute Gasteiger partial charge is 0.471 e. The molecule has 8 N–H and O–H groups in total. The second-order valence-corrected chi connectivity index (χ2v) is 15.0. The Morgan fingerprint density at radius 1 is 0.703 bits per heavy atom. The minimum absolute atomic E-state index is 0.0399. The van der Waals surface area contributed by atoms with Gasteiger partial charge in [0, 0.05) is 29.7 Å². The molecule has 0 bridgehead atoms. The van der Waals surface area contributed by atoms with E-state index in [0.717, 1.165) is 26.7 Å². The van der Waals surface area contributed by atoms with Crippen LogP contribution in [-0.4, -0.2) is 173 Å². The molecule has 64 heavy (non-hydrogen) atoms. The van der Waals surface area contributed by atoms with Crippen molar-refractivity contribution in [2.75, 3.05) is 34.0 Å². The molecular formula is C42H54O22. The Bertz CT molecular complexity index is 1880. The number of benzene rings is 1. The van der Waals surface area contributed by atoms with Crippen molar-refractivity contribution in [1.29, 1.82) is 0 Å². The number of methoxy groups -OCH3 is 2. The molecule has 0 radical (unpaired) electrons. The lowest BCUT2D eigenvalue weighted by Crippen LogP contribution is -2.60. The van der Waals surface area contributed by atoms with Crippen LogP contribution in [-0.2, 0) is 68.2 Å². The zero-order chi connectivity index (χ0) is 46.8. The summed E-state index contributed by atoms with van der Waals surface area (Å²) in [5.41, 5.74) is 0.830. The summed E-state index contributed by atoms with van der Waals surface area (Å²) in [5, 5.41) is 80.7. The second kappa shape index (κ2) is 22.9. The minimum atomic E-state index is -1.76. The topological polar surface area (TPSA) is 322 Å². The van der Waals surface area contributed by atoms with Crippen molar-refractivity contribution in [2.24, 2.45) is 17.8 Å². The standard InChI is InChI=1S/C42H54O22/c1-5-21-23(25(37(53)55-3)17-58-39(21)63-41-35(51)33(49)31(47)27(15-43)61-41)13-29(45)57-12-11-19-7-9-20(10-8-19)60-30(46)14-24-22(6-2)40(59-18-26(24)38(54)56-4)64-42-36(52)34(50)32(48)28(16-44)62-42/h5-10,17-18,22-24,27-28,31-36,39-44,47-52H,2,11-16H2,1,3-4H3/b21-5+/t22-,23+,24+,27-,28-,31-,32-,33+,34+,35-,36-,39+,40+,41+,42+/m1/s1. The average Bonchev–Trinajstić information content (AvgIpc) is 3.29. The van der Waals surface area contributed by atoms with E-state index in [1.165, 1.54) is 24.3 Å². The van der Waals surface area contributed by atoms with E-state index >= 15 is 0 Å². The molecular weight excluding hydrogens is 856 g/mol. The first-order valence-corrected chi connectivity index (χ1v) is 20.1. The number of hydrogen-bond acceptors (Lipinski definition) is 22. The fourth-order valence-electron chi connectivity index (χ4n) is 7.50. The average molecular weight is 911 g/mol. The van der Waals surface area contributed by atoms with Crippen molar-refractivity contribution < 1.29 is 107 Å². The predicted octanol–water partition coefficient (Wildman–Crippen LogP) is -2.10. The van der Waals surface area contributed by atoms with Crippen LogP contribution >= 0.6 is 0 Å². The summed E-state index contributed by atoms with van der Waals surface area (Å²) in [5.74, 6) is -5.90. The Morgan fingerprint density at radius 3 is 1.81 bits per heavy atom. The molecule has 0 amide bonds. The molecule has 4 aliphatic rings. The fourth-order valence-corrected chi connectivity index (χ4v) is 7.50. The van der Waals surface area contributed by atoms with Crippen LogP contribution in [0, 0.1) is 17.8 Å². The summed E-state index contributed by atoms with van der Waals surface area (Å²) >= 11 is 0. The predicted molar refractivity (Wildman–Crippen MR) is 210 cm³/mol. The van der Waals surface area contributed by atoms with Crippen LogP contribution < -0.4 is 4.74 Å². The van der Waals surface area contributed by atoms with Crippen molar-refractivity contribution in [1.82, 2.24) is 0 Å². The van der Waals surface area contributed by atoms with Gasteiger partial charge in [0.05, 0.1) is 70.6 Å². The Kier molecular flexibility index (Phi) is 17.9. The van der Waals surface area contributed by atoms with E-state index in [1.54, 1.807) is 19.1 Å². The van der Waals surface area contributed by atoms with Gasteiger partial charge in [-0.3, -0.25) is 9.59 Å². The van der Waals surface area contributed by atoms with E-state index in [4.69, 9.17) is 47.4 Å². The summed E-state index contributed by atoms with van der Waals surface area (Å²) in [6, 6.07) is 6.24. The van der Waals surface area contributed by atoms with Gasteiger partial charge in [-0.05, 0) is 24.6 Å². The molecule has 1 aromatic rings. The molecule has 354 valence electrons. The van der Waals surface area contributed by atoms with Gasteiger partial charge in [-0.2, -0.15) is 0 Å². The van der Waals surface area contributed by atoms with Crippen LogP contribution in [0.1, 0.15) is 25.3 Å². The van der Waals surface area contributed by atoms with Gasteiger partial charge in [0.15, 0.2) is 12.6 Å². The highest BCUT2D eigenvalue weighted by Crippen LogP contribution is 2.39. The SMILES string of the molecule is C=C[C@H]1[C@H](O[C@@H]2O[C@H](CO)[C@@H](O)[C@H](O)[C@H]2O)OC=C(C(=O)OC)[C@H]1CC(=O)Oc1ccc(CCOC(=O)C[C@@H]2C(C(=O)OC)=CO[C@@H](O[C@@H]3O[C@H](CO)[C@@H](O)[C@H](O)[C@H]3O)/C2=C/C)cc1. The van der Waals surface area contributed by atoms with Gasteiger partial charge >= 0.3 is 23.9 Å². The monoisotopic (exact) mass is 910 g/mol. The van der Waals surface area contributed by atoms with Gasteiger partial charge in [0.1, 0.15) is 54.6 Å². The first kappa shape index (κ1) is 50.2. The van der Waals surface area contributed by atoms with E-state index in [1.807, 2.05) is 0 Å². The Labute approximate surface area is 366 Å². The molecule has 0 spiro atoms. The molecule has 4 heterocycles. The normalized spacial score (nSPS) is 34.5. The first-order chi connectivity index (χ1) is 30.6. The molecule has 1 aromatic carbocycles. The van der Waals surface area contributed by atoms with Gasteiger partial charge < -0.3 is 88.2 Å². The quantitative estimate of drug-likeness (QED) is 0.0359. The number of aliphatic hydroxyl groups is 8. The number of rotatable bonds is 17. The van der Waals surface area contributed by atoms with Gasteiger partial charge in [-0.1, -0.05) is 24.3 Å². The number of ether oxygens (including phenoxy) is 10. The number of hydrogen-bond donors (Lipinski definition) is 8. The summed E-state index contributed by atoms with van der Waals surface area (Å²) in [4.78, 5) is 51.9. The molecule has 22 nitrogen and oxygen atoms in total. The first-order valence-electron chi connectivity index (χ1n) is 20.1. The lowest BCUT2D eigenvalue weighted by atomic mass is 9.81. The van der Waals surface area contributed by atoms with Crippen molar-refractivity contribution in [2.45, 2.75) is 100 Å². The molecule has 0 unspecified atom stereocenters. The highest BCUT2D eigenvalue weighted by molar-refractivity contribution is 5.91. The second-order valence-electron chi connectivity index (χ2n) is 15.0. The zero-order valence-corrected chi connectivity index (χ0v) is 35.0. The summed E-state index contributed by atoms with van der Waals surface area (Å²) in [6.45, 7) is 3.86. The molecule has 4 aliphatic heterocycles. The maximum atomic E-state index is 13.3. The molecule has 15 atom stereocenters. The third-order valence-corrected chi connectivity index (χ3v) is 11.1. The molecule has 2 saturated heterocycles. The number of allylic oxidation sites excluding steroid dienone is 1. The maximum Gasteiger partial charge on any atom is 0.337 e. The third kappa shape index (κ3) is 11.5. The smallest absolute Gasteiger partial charge is 0.337 e. The fraction of sp³-hybridized carbons (Fsp3) is 0.571. The van der Waals surface area contributed by atoms with E-state index in [-0.39, 0.29) is 41.9 Å². The Balaban J connectivity index is 1.16. The van der Waals surface area contributed by atoms with Crippen LogP contribution in [0.4, 0.5) is 0 Å². The highest BCUT2D eigenvalue weighted by atomic mass is 16.8. The highest BCUT2D eigenvalue weighted by Gasteiger charge is 2.49. The summed E-state index contributed by atoms with van der Waals surface area (Å²) < 4.78 is 54.4. The van der Waals surface area contributed by atoms with Crippen molar-refractivity contribution >= 4 is 23.9 Å². The molecule has 22 heteroatoms. The van der Waals surface area contributed by atoms with Crippen molar-refractivity contribution in [3.05, 3.63) is 77.8 Å². The van der Waals surface area contributed by atoms with Crippen molar-refractivity contribution in [3.8, 4) is 5.75 Å². The lowest BCUT2D eigenvalue weighted by Gasteiger charge is -2.42. The van der Waals surface area contributed by atoms with Crippen LogP contribution in [0.15, 0.2) is 72.2 Å². The molecule has 5 rings (SSSR count). The number of carbonyl (C=O) groups excluding carboxylic acids is 4. The van der Waals surface area contributed by atoms with Gasteiger partial charge in [-0.15, -0.1) is 6.58 Å². The van der Waals surface area contributed by atoms with E-state index in [9.17, 15) is 60.0 Å². The van der Waals surface area contributed by atoms with Gasteiger partial charge in [0.2, 0.25) is 12.6 Å². The Morgan fingerprint density at radius 2 is 1.27 bits per heavy atom. The third-order valence-electron chi connectivity index (χ3n) is 11.1. The number of carbonyl (C=O) groups is 4. The molecule has 0 saturated carbocycles. The van der Waals surface area contributed by atoms with Crippen molar-refractivity contribution in [3.63, 3.8) is 0 Å².